The predicted octanol–water partition coefficient (Wildman–Crippen LogP) is 4.43. The van der Waals surface area contributed by atoms with Crippen molar-refractivity contribution in [3.8, 4) is 5.75 Å². The van der Waals surface area contributed by atoms with Gasteiger partial charge in [-0.1, -0.05) is 26.0 Å². The fraction of sp³-hybridized carbons (Fsp3) is 0.278. The summed E-state index contributed by atoms with van der Waals surface area (Å²) < 4.78 is 13.2. The molecule has 0 bridgehead atoms. The predicted molar refractivity (Wildman–Crippen MR) is 98.7 cm³/mol. The van der Waals surface area contributed by atoms with Crippen LogP contribution in [0.3, 0.4) is 0 Å². The van der Waals surface area contributed by atoms with Gasteiger partial charge < -0.3 is 9.15 Å². The Morgan fingerprint density at radius 1 is 1.40 bits per heavy atom. The largest absolute Gasteiger partial charge is 0.485 e. The smallest absolute Gasteiger partial charge is 0.216 e. The average Bonchev–Trinajstić information content (AvgIpc) is 3.20. The quantitative estimate of drug-likeness (QED) is 0.524. The number of rotatable bonds is 6. The zero-order chi connectivity index (χ0) is 17.8. The molecule has 0 amide bonds. The van der Waals surface area contributed by atoms with Crippen LogP contribution < -0.4 is 4.74 Å². The lowest BCUT2D eigenvalue weighted by molar-refractivity contribution is 0.286. The number of hydrogen-bond acceptors (Lipinski definition) is 5. The number of aromatic amines is 1. The first kappa shape index (κ1) is 17.2. The zero-order valence-electron chi connectivity index (χ0n) is 14.4. The Morgan fingerprint density at radius 3 is 2.96 bits per heavy atom. The summed E-state index contributed by atoms with van der Waals surface area (Å²) in [7, 11) is 0. The van der Waals surface area contributed by atoms with Crippen LogP contribution >= 0.6 is 12.2 Å². The minimum atomic E-state index is 0.256. The van der Waals surface area contributed by atoms with E-state index in [1.807, 2.05) is 19.1 Å². The number of benzene rings is 1. The minimum absolute atomic E-state index is 0.256. The molecular weight excluding hydrogens is 336 g/mol. The molecule has 0 spiro atoms. The van der Waals surface area contributed by atoms with Crippen molar-refractivity contribution < 1.29 is 9.15 Å². The summed E-state index contributed by atoms with van der Waals surface area (Å²) >= 11 is 5.23. The van der Waals surface area contributed by atoms with Gasteiger partial charge in [0.2, 0.25) is 4.77 Å². The Balaban J connectivity index is 1.81. The molecule has 1 N–H and O–H groups in total. The van der Waals surface area contributed by atoms with Crippen LogP contribution in [-0.2, 0) is 6.61 Å². The van der Waals surface area contributed by atoms with E-state index in [9.17, 15) is 0 Å². The molecule has 130 valence electrons. The van der Waals surface area contributed by atoms with Crippen LogP contribution in [0.15, 0.2) is 46.1 Å². The fourth-order valence-electron chi connectivity index (χ4n) is 2.40. The highest BCUT2D eigenvalue weighted by Crippen LogP contribution is 2.28. The van der Waals surface area contributed by atoms with Crippen molar-refractivity contribution in [2.45, 2.75) is 33.3 Å². The molecule has 0 unspecified atom stereocenters. The number of aromatic nitrogens is 3. The van der Waals surface area contributed by atoms with Crippen molar-refractivity contribution in [1.82, 2.24) is 14.9 Å². The van der Waals surface area contributed by atoms with Crippen molar-refractivity contribution in [2.75, 3.05) is 0 Å². The van der Waals surface area contributed by atoms with E-state index < -0.39 is 0 Å². The van der Waals surface area contributed by atoms with Gasteiger partial charge in [0.05, 0.1) is 12.5 Å². The molecule has 3 aromatic rings. The molecule has 0 saturated heterocycles. The molecule has 0 radical (unpaired) electrons. The van der Waals surface area contributed by atoms with Crippen molar-refractivity contribution in [1.29, 1.82) is 0 Å². The summed E-state index contributed by atoms with van der Waals surface area (Å²) in [4.78, 5) is 0. The van der Waals surface area contributed by atoms with E-state index in [1.165, 1.54) is 4.68 Å². The molecule has 7 heteroatoms. The number of H-pyrrole nitrogens is 1. The van der Waals surface area contributed by atoms with Crippen LogP contribution in [0.1, 0.15) is 42.5 Å². The van der Waals surface area contributed by atoms with Gasteiger partial charge in [-0.2, -0.15) is 14.9 Å². The second kappa shape index (κ2) is 7.48. The van der Waals surface area contributed by atoms with Crippen molar-refractivity contribution >= 4 is 18.4 Å². The Kier molecular flexibility index (Phi) is 5.14. The van der Waals surface area contributed by atoms with E-state index in [4.69, 9.17) is 21.4 Å². The van der Waals surface area contributed by atoms with Crippen molar-refractivity contribution in [3.63, 3.8) is 0 Å². The monoisotopic (exact) mass is 356 g/mol. The van der Waals surface area contributed by atoms with E-state index in [0.717, 1.165) is 16.9 Å². The van der Waals surface area contributed by atoms with Crippen molar-refractivity contribution in [3.05, 3.63) is 64.1 Å². The molecule has 25 heavy (non-hydrogen) atoms. The van der Waals surface area contributed by atoms with E-state index in [0.29, 0.717) is 22.3 Å². The normalized spacial score (nSPS) is 11.5. The van der Waals surface area contributed by atoms with Gasteiger partial charge >= 0.3 is 0 Å². The van der Waals surface area contributed by atoms with E-state index in [-0.39, 0.29) is 6.61 Å². The van der Waals surface area contributed by atoms with Crippen LogP contribution in [-0.4, -0.2) is 21.1 Å². The lowest BCUT2D eigenvalue weighted by Gasteiger charge is -2.14. The van der Waals surface area contributed by atoms with Crippen LogP contribution in [0.4, 0.5) is 0 Å². The molecule has 0 fully saturated rings. The highest BCUT2D eigenvalue weighted by molar-refractivity contribution is 7.71. The number of hydrogen-bond donors (Lipinski definition) is 1. The Hall–Kier alpha value is -2.67. The summed E-state index contributed by atoms with van der Waals surface area (Å²) in [5, 5.41) is 11.3. The van der Waals surface area contributed by atoms with Gasteiger partial charge in [-0.15, -0.1) is 0 Å². The lowest BCUT2D eigenvalue weighted by atomic mass is 10.0. The van der Waals surface area contributed by atoms with Gasteiger partial charge in [0, 0.05) is 0 Å². The molecule has 1 aromatic carbocycles. The number of ether oxygens (including phenoxy) is 1. The maximum Gasteiger partial charge on any atom is 0.216 e. The molecule has 0 atom stereocenters. The third-order valence-corrected chi connectivity index (χ3v) is 3.97. The summed E-state index contributed by atoms with van der Waals surface area (Å²) in [6, 6.07) is 9.83. The standard InChI is InChI=1S/C18H20N4O2S/c1-12(2)15-7-6-13(3)9-16(15)24-11-17-20-21-18(25)22(17)19-10-14-5-4-8-23-14/h4-10,12H,11H2,1-3H3,(H,21,25)/b19-10-. The summed E-state index contributed by atoms with van der Waals surface area (Å²) in [6.07, 6.45) is 3.17. The molecule has 2 heterocycles. The van der Waals surface area contributed by atoms with Crippen LogP contribution in [0.5, 0.6) is 5.75 Å². The maximum atomic E-state index is 6.01. The second-order valence-corrected chi connectivity index (χ2v) is 6.39. The average molecular weight is 356 g/mol. The van der Waals surface area contributed by atoms with Gasteiger partial charge in [-0.05, 0) is 54.4 Å². The first-order valence-electron chi connectivity index (χ1n) is 8.02. The number of furan rings is 1. The number of nitrogens with one attached hydrogen (secondary N) is 1. The molecule has 0 aliphatic carbocycles. The summed E-state index contributed by atoms with van der Waals surface area (Å²) in [5.41, 5.74) is 2.31. The van der Waals surface area contributed by atoms with Gasteiger partial charge in [-0.25, -0.2) is 5.10 Å². The highest BCUT2D eigenvalue weighted by atomic mass is 32.1. The Bertz CT molecular complexity index is 923. The molecular formula is C18H20N4O2S. The first-order valence-corrected chi connectivity index (χ1v) is 8.43. The van der Waals surface area contributed by atoms with E-state index >= 15 is 0 Å². The fourth-order valence-corrected chi connectivity index (χ4v) is 2.60. The van der Waals surface area contributed by atoms with Gasteiger partial charge in [0.25, 0.3) is 0 Å². The Morgan fingerprint density at radius 2 is 2.24 bits per heavy atom. The number of aryl methyl sites for hydroxylation is 1. The molecule has 6 nitrogen and oxygen atoms in total. The zero-order valence-corrected chi connectivity index (χ0v) is 15.2. The minimum Gasteiger partial charge on any atom is -0.485 e. The second-order valence-electron chi connectivity index (χ2n) is 6.00. The highest BCUT2D eigenvalue weighted by Gasteiger charge is 2.11. The van der Waals surface area contributed by atoms with Gasteiger partial charge in [-0.3, -0.25) is 0 Å². The molecule has 0 saturated carbocycles. The SMILES string of the molecule is Cc1ccc(C(C)C)c(OCc2n[nH]c(=S)n2/N=C\c2ccco2)c1. The van der Waals surface area contributed by atoms with E-state index in [1.54, 1.807) is 18.5 Å². The Labute approximate surface area is 151 Å². The molecule has 0 aliphatic rings. The van der Waals surface area contributed by atoms with Gasteiger partial charge in [0.15, 0.2) is 5.82 Å². The van der Waals surface area contributed by atoms with Crippen molar-refractivity contribution in [2.24, 2.45) is 5.10 Å². The van der Waals surface area contributed by atoms with E-state index in [2.05, 4.69) is 41.3 Å². The summed E-state index contributed by atoms with van der Waals surface area (Å²) in [6.45, 7) is 6.58. The van der Waals surface area contributed by atoms with Gasteiger partial charge in [0.1, 0.15) is 18.1 Å². The van der Waals surface area contributed by atoms with Crippen LogP contribution in [0.2, 0.25) is 0 Å². The molecule has 0 aliphatic heterocycles. The van der Waals surface area contributed by atoms with Crippen LogP contribution in [0, 0.1) is 11.7 Å². The lowest BCUT2D eigenvalue weighted by Crippen LogP contribution is -2.06. The third-order valence-electron chi connectivity index (χ3n) is 3.71. The molecule has 3 rings (SSSR count). The first-order chi connectivity index (χ1) is 12.0. The van der Waals surface area contributed by atoms with Crippen LogP contribution in [0.25, 0.3) is 0 Å². The third kappa shape index (κ3) is 4.06. The maximum absolute atomic E-state index is 6.01. The topological polar surface area (TPSA) is 68.3 Å². The summed E-state index contributed by atoms with van der Waals surface area (Å²) in [5.74, 6) is 2.44. The molecule has 2 aromatic heterocycles. The number of nitrogens with zero attached hydrogens (tertiary/aromatic N) is 3.